The molecule has 1 heterocycles. The molecule has 1 aromatic heterocycles. The van der Waals surface area contributed by atoms with Crippen molar-refractivity contribution < 1.29 is 14.3 Å². The van der Waals surface area contributed by atoms with Crippen molar-refractivity contribution in [3.63, 3.8) is 0 Å². The van der Waals surface area contributed by atoms with Gasteiger partial charge in [0.1, 0.15) is 5.82 Å². The number of aliphatic carboxylic acids is 1. The van der Waals surface area contributed by atoms with E-state index in [1.54, 1.807) is 16.7 Å². The van der Waals surface area contributed by atoms with E-state index >= 15 is 0 Å². The fraction of sp³-hybridized carbons (Fsp3) is 0.231. The molecule has 0 aliphatic carbocycles. The summed E-state index contributed by atoms with van der Waals surface area (Å²) in [5.74, 6) is -1.32. The topological polar surface area (TPSA) is 55.1 Å². The average molecular weight is 406 g/mol. The van der Waals surface area contributed by atoms with Crippen LogP contribution in [-0.2, 0) is 4.79 Å². The van der Waals surface area contributed by atoms with Crippen LogP contribution >= 0.6 is 34.4 Å². The molecule has 0 amide bonds. The minimum Gasteiger partial charge on any atom is -0.481 e. The molecule has 0 saturated carbocycles. The molecule has 1 N–H and O–H groups in total. The number of thioether (sulfide) groups is 1. The van der Waals surface area contributed by atoms with Crippen molar-refractivity contribution in [1.29, 1.82) is 0 Å². The number of rotatable bonds is 5. The van der Waals surface area contributed by atoms with Gasteiger partial charge in [-0.15, -0.1) is 6.58 Å². The quantitative estimate of drug-likeness (QED) is 0.468. The van der Waals surface area contributed by atoms with Crippen LogP contribution in [-0.4, -0.2) is 26.4 Å². The number of nitrogens with zero attached hydrogens (tertiary/aromatic N) is 2. The highest BCUT2D eigenvalue weighted by Gasteiger charge is 2.17. The van der Waals surface area contributed by atoms with Crippen molar-refractivity contribution in [2.45, 2.75) is 18.1 Å². The molecule has 0 fully saturated rings. The number of allylic oxidation sites excluding steroid dienone is 1. The Morgan fingerprint density at radius 3 is 3.00 bits per heavy atom. The number of carboxylic acid groups (broad SMARTS) is 1. The number of carboxylic acids is 1. The van der Waals surface area contributed by atoms with E-state index in [1.807, 2.05) is 29.5 Å². The van der Waals surface area contributed by atoms with Crippen molar-refractivity contribution in [1.82, 2.24) is 9.55 Å². The molecule has 0 saturated heterocycles. The standard InChI is InChI=1S/C13H12FIN2O2S/c1-3-7(2)17-11-4-8(14)9(15)5-10(11)16-13(17)20-6-12(18)19/h3-5,7H,1,6H2,2H3,(H,18,19). The summed E-state index contributed by atoms with van der Waals surface area (Å²) in [6, 6.07) is 2.98. The first-order chi connectivity index (χ1) is 9.43. The maximum Gasteiger partial charge on any atom is 0.313 e. The van der Waals surface area contributed by atoms with Crippen LogP contribution in [0.15, 0.2) is 29.9 Å². The Bertz CT molecular complexity index is 687. The van der Waals surface area contributed by atoms with Gasteiger partial charge in [-0.05, 0) is 35.6 Å². The van der Waals surface area contributed by atoms with E-state index in [-0.39, 0.29) is 17.6 Å². The number of aromatic nitrogens is 2. The first-order valence-electron chi connectivity index (χ1n) is 5.78. The van der Waals surface area contributed by atoms with E-state index in [1.165, 1.54) is 6.07 Å². The van der Waals surface area contributed by atoms with Crippen LogP contribution in [0.5, 0.6) is 0 Å². The van der Waals surface area contributed by atoms with Gasteiger partial charge in [-0.2, -0.15) is 0 Å². The fourth-order valence-corrected chi connectivity index (χ4v) is 3.07. The monoisotopic (exact) mass is 406 g/mol. The number of halogens is 2. The van der Waals surface area contributed by atoms with E-state index in [2.05, 4.69) is 11.6 Å². The molecule has 0 bridgehead atoms. The molecular formula is C13H12FIN2O2S. The van der Waals surface area contributed by atoms with E-state index in [4.69, 9.17) is 5.11 Å². The molecule has 106 valence electrons. The van der Waals surface area contributed by atoms with Crippen LogP contribution in [0.2, 0.25) is 0 Å². The number of hydrogen-bond donors (Lipinski definition) is 1. The third-order valence-corrected chi connectivity index (χ3v) is 4.54. The molecule has 7 heteroatoms. The molecule has 20 heavy (non-hydrogen) atoms. The Labute approximate surface area is 133 Å². The van der Waals surface area contributed by atoms with Gasteiger partial charge in [-0.3, -0.25) is 4.79 Å². The normalized spacial score (nSPS) is 12.6. The number of carbonyl (C=O) groups is 1. The van der Waals surface area contributed by atoms with Gasteiger partial charge in [0, 0.05) is 6.07 Å². The second-order valence-corrected chi connectivity index (χ2v) is 6.28. The maximum absolute atomic E-state index is 13.7. The van der Waals surface area contributed by atoms with E-state index in [0.29, 0.717) is 19.8 Å². The van der Waals surface area contributed by atoms with Gasteiger partial charge >= 0.3 is 5.97 Å². The number of benzene rings is 1. The lowest BCUT2D eigenvalue weighted by Gasteiger charge is -2.13. The van der Waals surface area contributed by atoms with Crippen LogP contribution in [0.4, 0.5) is 4.39 Å². The molecule has 1 unspecified atom stereocenters. The molecule has 1 atom stereocenters. The molecule has 1 aromatic carbocycles. The van der Waals surface area contributed by atoms with Gasteiger partial charge in [0.25, 0.3) is 0 Å². The van der Waals surface area contributed by atoms with E-state index in [9.17, 15) is 9.18 Å². The zero-order valence-electron chi connectivity index (χ0n) is 10.6. The molecule has 0 aliphatic heterocycles. The summed E-state index contributed by atoms with van der Waals surface area (Å²) in [4.78, 5) is 15.1. The lowest BCUT2D eigenvalue weighted by molar-refractivity contribution is -0.133. The highest BCUT2D eigenvalue weighted by Crippen LogP contribution is 2.30. The zero-order chi connectivity index (χ0) is 14.9. The summed E-state index contributed by atoms with van der Waals surface area (Å²) >= 11 is 3.02. The largest absolute Gasteiger partial charge is 0.481 e. The predicted molar refractivity (Wildman–Crippen MR) is 85.7 cm³/mol. The van der Waals surface area contributed by atoms with Gasteiger partial charge in [0.15, 0.2) is 5.16 Å². The third kappa shape index (κ3) is 2.98. The SMILES string of the molecule is C=CC(C)n1c(SCC(=O)O)nc2cc(I)c(F)cc21. The van der Waals surface area contributed by atoms with Crippen molar-refractivity contribution in [2.75, 3.05) is 5.75 Å². The van der Waals surface area contributed by atoms with Crippen LogP contribution in [0, 0.1) is 9.39 Å². The van der Waals surface area contributed by atoms with Gasteiger partial charge in [0.2, 0.25) is 0 Å². The number of hydrogen-bond acceptors (Lipinski definition) is 3. The average Bonchev–Trinajstić information content (AvgIpc) is 2.73. The summed E-state index contributed by atoms with van der Waals surface area (Å²) in [6.07, 6.45) is 1.71. The lowest BCUT2D eigenvalue weighted by Crippen LogP contribution is -2.06. The van der Waals surface area contributed by atoms with Crippen molar-refractivity contribution in [3.05, 3.63) is 34.2 Å². The maximum atomic E-state index is 13.7. The molecule has 2 aromatic rings. The summed E-state index contributed by atoms with van der Waals surface area (Å²) in [6.45, 7) is 5.63. The number of fused-ring (bicyclic) bond motifs is 1. The van der Waals surface area contributed by atoms with Crippen molar-refractivity contribution >= 4 is 51.4 Å². The van der Waals surface area contributed by atoms with E-state index in [0.717, 1.165) is 11.8 Å². The molecule has 4 nitrogen and oxygen atoms in total. The Morgan fingerprint density at radius 1 is 1.70 bits per heavy atom. The summed E-state index contributed by atoms with van der Waals surface area (Å²) in [5.41, 5.74) is 1.29. The van der Waals surface area contributed by atoms with Gasteiger partial charge < -0.3 is 9.67 Å². The first kappa shape index (κ1) is 15.3. The van der Waals surface area contributed by atoms with Crippen LogP contribution < -0.4 is 0 Å². The molecule has 2 rings (SSSR count). The second kappa shape index (κ2) is 6.13. The highest BCUT2D eigenvalue weighted by atomic mass is 127. The number of imidazole rings is 1. The summed E-state index contributed by atoms with van der Waals surface area (Å²) in [7, 11) is 0. The Balaban J connectivity index is 2.60. The predicted octanol–water partition coefficient (Wildman–Crippen LogP) is 3.70. The Kier molecular flexibility index (Phi) is 4.69. The third-order valence-electron chi connectivity index (χ3n) is 2.77. The Morgan fingerprint density at radius 2 is 2.40 bits per heavy atom. The first-order valence-corrected chi connectivity index (χ1v) is 7.84. The van der Waals surface area contributed by atoms with E-state index < -0.39 is 5.97 Å². The van der Waals surface area contributed by atoms with Crippen LogP contribution in [0.1, 0.15) is 13.0 Å². The summed E-state index contributed by atoms with van der Waals surface area (Å²) in [5, 5.41) is 9.34. The second-order valence-electron chi connectivity index (χ2n) is 4.18. The van der Waals surface area contributed by atoms with Gasteiger partial charge in [0.05, 0.1) is 26.4 Å². The van der Waals surface area contributed by atoms with Gasteiger partial charge in [-0.25, -0.2) is 9.37 Å². The molecule has 0 radical (unpaired) electrons. The minimum atomic E-state index is -0.916. The van der Waals surface area contributed by atoms with Crippen molar-refractivity contribution in [3.8, 4) is 0 Å². The van der Waals surface area contributed by atoms with Gasteiger partial charge in [-0.1, -0.05) is 17.8 Å². The summed E-state index contributed by atoms with van der Waals surface area (Å²) < 4.78 is 16.0. The zero-order valence-corrected chi connectivity index (χ0v) is 13.6. The molecule has 0 aliphatic rings. The van der Waals surface area contributed by atoms with Crippen LogP contribution in [0.25, 0.3) is 11.0 Å². The highest BCUT2D eigenvalue weighted by molar-refractivity contribution is 14.1. The smallest absolute Gasteiger partial charge is 0.313 e. The Hall–Kier alpha value is -1.09. The molecular weight excluding hydrogens is 394 g/mol. The molecule has 0 spiro atoms. The van der Waals surface area contributed by atoms with Crippen molar-refractivity contribution in [2.24, 2.45) is 0 Å². The van der Waals surface area contributed by atoms with Crippen LogP contribution in [0.3, 0.4) is 0 Å². The minimum absolute atomic E-state index is 0.0905. The lowest BCUT2D eigenvalue weighted by atomic mass is 10.2. The fourth-order valence-electron chi connectivity index (χ4n) is 1.80.